The van der Waals surface area contributed by atoms with E-state index in [1.54, 1.807) is 73.6 Å². The predicted octanol–water partition coefficient (Wildman–Crippen LogP) is -6.30. The Morgan fingerprint density at radius 3 is 1.32 bits per heavy atom. The van der Waals surface area contributed by atoms with Crippen molar-refractivity contribution in [1.29, 1.82) is 0 Å². The van der Waals surface area contributed by atoms with Crippen molar-refractivity contribution < 1.29 is 208 Å². The van der Waals surface area contributed by atoms with Gasteiger partial charge in [0.05, 0.1) is 46.2 Å². The van der Waals surface area contributed by atoms with E-state index in [1.165, 1.54) is 43.3 Å². The first-order valence-corrected chi connectivity index (χ1v) is 19.4. The van der Waals surface area contributed by atoms with Gasteiger partial charge in [-0.25, -0.2) is 19.2 Å². The second kappa shape index (κ2) is 38.3. The van der Waals surface area contributed by atoms with Gasteiger partial charge in [-0.05, 0) is 168 Å². The first kappa shape index (κ1) is 79.1. The van der Waals surface area contributed by atoms with E-state index < -0.39 is 35.8 Å². The summed E-state index contributed by atoms with van der Waals surface area (Å²) in [7, 11) is 0. The molecule has 0 aliphatic heterocycles. The fraction of sp³-hybridized carbons (Fsp3) is 0.250. The normalized spacial score (nSPS) is 9.07. The maximum absolute atomic E-state index is 11.0. The van der Waals surface area contributed by atoms with E-state index in [4.69, 9.17) is 15.3 Å². The van der Waals surface area contributed by atoms with Crippen molar-refractivity contribution in [2.24, 2.45) is 0 Å². The fourth-order valence-electron chi connectivity index (χ4n) is 5.54. The molecule has 0 heterocycles. The Morgan fingerprint density at radius 2 is 0.873 bits per heavy atom. The molecule has 0 saturated carbocycles. The van der Waals surface area contributed by atoms with Gasteiger partial charge in [0.2, 0.25) is 0 Å². The number of carboxylic acids is 5. The molecule has 5 rings (SSSR count). The summed E-state index contributed by atoms with van der Waals surface area (Å²) < 4.78 is 4.15. The summed E-state index contributed by atoms with van der Waals surface area (Å²) >= 11 is 0.734. The smallest absolute Gasteiger partial charge is 0.691 e. The van der Waals surface area contributed by atoms with Crippen LogP contribution in [0, 0.1) is 69.2 Å². The van der Waals surface area contributed by atoms with Crippen LogP contribution in [0.15, 0.2) is 71.6 Å². The number of hydrogen-bond acceptors (Lipinski definition) is 16. The molecular formula is C48H54Na4O18S. The topological polar surface area (TPSA) is 324 Å². The number of aromatic hydroxyl groups is 2. The van der Waals surface area contributed by atoms with Crippen LogP contribution >= 0.6 is 12.0 Å². The molecule has 0 aromatic heterocycles. The van der Waals surface area contributed by atoms with Gasteiger partial charge in [0, 0.05) is 21.6 Å². The van der Waals surface area contributed by atoms with Gasteiger partial charge in [0.1, 0.15) is 11.5 Å². The van der Waals surface area contributed by atoms with Gasteiger partial charge in [-0.2, -0.15) is 4.33 Å². The zero-order valence-corrected chi connectivity index (χ0v) is 49.6. The van der Waals surface area contributed by atoms with E-state index in [1.807, 2.05) is 19.1 Å². The average Bonchev–Trinajstić information content (AvgIpc) is 3.22. The molecule has 364 valence electrons. The van der Waals surface area contributed by atoms with Crippen molar-refractivity contribution in [1.82, 2.24) is 0 Å². The standard InChI is InChI=1S/C10H10O5.C9H10O5S.2C9H10O3.C9H10O2.2CH4.4Na/c1-5-3-7(9(11)12)6(2)8(4-5)10(13)15-14;1-5-4-8(15-14-13-12)6(2)3-7(5)9(10)11;1-5-4-8(10)6(2)3-7(5)9(11)12;1-5-3-7(9(11)12)6(2)8(10)4-5;1-6-3-4-7(2)8(5-6)9(10)11;;;;;;/h3-4,14H,1-2H3,(H,11,12);3-4,12H,1-2H3,(H,10,11);2*3-4,10H,1-2H3,(H,11,12);3-5H,1-2H3,(H,10,11);2*1H4;;;;/q;;;;;;;4*+1/p-4. The van der Waals surface area contributed by atoms with Crippen LogP contribution in [0.2, 0.25) is 0 Å². The number of rotatable bonds is 9. The molecule has 0 aliphatic rings. The van der Waals surface area contributed by atoms with Crippen LogP contribution in [0.3, 0.4) is 0 Å². The number of phenolic OH excluding ortho intramolecular Hbond substituents is 2. The maximum Gasteiger partial charge on any atom is 1.00 e. The third kappa shape index (κ3) is 26.0. The van der Waals surface area contributed by atoms with Crippen LogP contribution < -0.4 is 139 Å². The first-order chi connectivity index (χ1) is 30.2. The molecular weight excluding hydrogens is 989 g/mol. The molecule has 0 aliphatic carbocycles. The monoisotopic (exact) mass is 1040 g/mol. The predicted molar refractivity (Wildman–Crippen MR) is 239 cm³/mol. The van der Waals surface area contributed by atoms with E-state index in [9.17, 15) is 59.7 Å². The van der Waals surface area contributed by atoms with Gasteiger partial charge in [-0.1, -0.05) is 32.5 Å². The van der Waals surface area contributed by atoms with Crippen LogP contribution in [0.1, 0.15) is 133 Å². The number of benzene rings is 5. The third-order valence-electron chi connectivity index (χ3n) is 9.11. The zero-order valence-electron chi connectivity index (χ0n) is 40.8. The number of carbonyl (C=O) groups excluding carboxylic acids is 3. The van der Waals surface area contributed by atoms with E-state index >= 15 is 0 Å². The van der Waals surface area contributed by atoms with Crippen LogP contribution in [0.5, 0.6) is 11.5 Å². The van der Waals surface area contributed by atoms with Gasteiger partial charge >= 0.3 is 142 Å². The largest absolute Gasteiger partial charge is 1.00 e. The minimum absolute atomic E-state index is 0. The van der Waals surface area contributed by atoms with E-state index in [2.05, 4.69) is 14.3 Å². The molecule has 0 fully saturated rings. The van der Waals surface area contributed by atoms with Crippen LogP contribution in [0.4, 0.5) is 0 Å². The quantitative estimate of drug-likeness (QED) is 0.0397. The Morgan fingerprint density at radius 1 is 0.451 bits per heavy atom. The van der Waals surface area contributed by atoms with Crippen molar-refractivity contribution in [3.05, 3.63) is 156 Å². The van der Waals surface area contributed by atoms with Crippen LogP contribution in [0.25, 0.3) is 0 Å². The van der Waals surface area contributed by atoms with Gasteiger partial charge < -0.3 is 60.7 Å². The van der Waals surface area contributed by atoms with E-state index in [0.29, 0.717) is 43.8 Å². The summed E-state index contributed by atoms with van der Waals surface area (Å²) in [5.74, 6) is -6.37. The molecule has 0 unspecified atom stereocenters. The van der Waals surface area contributed by atoms with Crippen molar-refractivity contribution in [2.75, 3.05) is 0 Å². The molecule has 18 nitrogen and oxygen atoms in total. The fourth-order valence-corrected chi connectivity index (χ4v) is 6.05. The van der Waals surface area contributed by atoms with E-state index in [-0.39, 0.29) is 178 Å². The summed E-state index contributed by atoms with van der Waals surface area (Å²) in [5.41, 5.74) is 6.77. The Bertz CT molecular complexity index is 2590. The van der Waals surface area contributed by atoms with Gasteiger partial charge in [-0.3, -0.25) is 5.04 Å². The van der Waals surface area contributed by atoms with Crippen molar-refractivity contribution in [2.45, 2.75) is 89.0 Å². The molecule has 5 aromatic carbocycles. The third-order valence-corrected chi connectivity index (χ3v) is 9.86. The number of aryl methyl sites for hydroxylation is 8. The van der Waals surface area contributed by atoms with Gasteiger partial charge in [0.15, 0.2) is 0 Å². The molecule has 0 amide bonds. The van der Waals surface area contributed by atoms with Crippen molar-refractivity contribution in [3.8, 4) is 11.5 Å². The summed E-state index contributed by atoms with van der Waals surface area (Å²) in [6.07, 6.45) is 0. The number of carbonyl (C=O) groups is 6. The number of hydrogen-bond donors (Lipinski definition) is 5. The molecule has 0 saturated heterocycles. The maximum atomic E-state index is 11.0. The Kier molecular flexibility index (Phi) is 42.7. The Hall–Kier alpha value is -3.29. The molecule has 71 heavy (non-hydrogen) atoms. The first-order valence-electron chi connectivity index (χ1n) is 18.7. The average molecular weight is 1040 g/mol. The second-order valence-electron chi connectivity index (χ2n) is 14.2. The molecule has 0 radical (unpaired) electrons. The second-order valence-corrected chi connectivity index (χ2v) is 15.0. The summed E-state index contributed by atoms with van der Waals surface area (Å²) in [4.78, 5) is 68.1. The molecule has 5 aromatic rings. The van der Waals surface area contributed by atoms with Crippen LogP contribution in [-0.2, 0) is 14.3 Å². The van der Waals surface area contributed by atoms with E-state index in [0.717, 1.165) is 28.7 Å². The zero-order chi connectivity index (χ0) is 50.0. The molecule has 0 atom stereocenters. The van der Waals surface area contributed by atoms with Crippen molar-refractivity contribution in [3.63, 3.8) is 0 Å². The number of phenols is 2. The van der Waals surface area contributed by atoms with Gasteiger partial charge in [0.25, 0.3) is 0 Å². The molecule has 0 spiro atoms. The molecule has 23 heteroatoms. The van der Waals surface area contributed by atoms with Crippen LogP contribution in [-0.4, -0.2) is 61.3 Å². The van der Waals surface area contributed by atoms with Crippen molar-refractivity contribution >= 4 is 47.9 Å². The number of carboxylic acid groups (broad SMARTS) is 5. The molecule has 5 N–H and O–H groups in total. The SMILES string of the molecule is C.C.Cc1cc(C(=O)O)c(C)cc1O.Cc1cc(C(=O)[O-])c(C)c(C(=O)O[O-])c1.Cc1cc(C(=O)[O-])c(C)cc1SOO[O-].Cc1cc(O)c(C)c(C(=O)O)c1.Cc1ccc(C)c(C(=O)O)c1.[Na+].[Na+].[Na+].[Na+]. The minimum atomic E-state index is -1.39. The minimum Gasteiger partial charge on any atom is -0.691 e. The Balaban J connectivity index is -0.000000183. The Labute approximate surface area is 505 Å². The number of aromatic carboxylic acids is 5. The summed E-state index contributed by atoms with van der Waals surface area (Å²) in [6.45, 7) is 16.7. The summed E-state index contributed by atoms with van der Waals surface area (Å²) in [6, 6.07) is 17.2. The summed E-state index contributed by atoms with van der Waals surface area (Å²) in [5, 5.41) is 88.7. The molecule has 0 bridgehead atoms. The van der Waals surface area contributed by atoms with Gasteiger partial charge in [-0.15, -0.1) is 0 Å².